The third-order valence-electron chi connectivity index (χ3n) is 3.18. The van der Waals surface area contributed by atoms with Crippen molar-refractivity contribution < 1.29 is 9.53 Å². The molecule has 0 bridgehead atoms. The van der Waals surface area contributed by atoms with E-state index in [1.165, 1.54) is 0 Å². The Labute approximate surface area is 105 Å². The minimum absolute atomic E-state index is 0.00836. The van der Waals surface area contributed by atoms with E-state index < -0.39 is 0 Å². The van der Waals surface area contributed by atoms with Gasteiger partial charge in [-0.15, -0.1) is 0 Å². The number of hydrogen-bond acceptors (Lipinski definition) is 3. The quantitative estimate of drug-likeness (QED) is 0.690. The van der Waals surface area contributed by atoms with Crippen LogP contribution in [0.1, 0.15) is 40.5 Å². The van der Waals surface area contributed by atoms with Crippen molar-refractivity contribution in [2.75, 3.05) is 19.8 Å². The molecule has 2 unspecified atom stereocenters. The molecule has 0 spiro atoms. The summed E-state index contributed by atoms with van der Waals surface area (Å²) >= 11 is 0. The zero-order valence-corrected chi connectivity index (χ0v) is 11.5. The van der Waals surface area contributed by atoms with Gasteiger partial charge in [-0.25, -0.2) is 0 Å². The Morgan fingerprint density at radius 1 is 1.41 bits per heavy atom. The number of nitrogens with one attached hydrogen (secondary N) is 1. The highest BCUT2D eigenvalue weighted by atomic mass is 16.5. The molecule has 1 rings (SSSR count). The summed E-state index contributed by atoms with van der Waals surface area (Å²) in [5.74, 6) is 0.674. The predicted octanol–water partition coefficient (Wildman–Crippen LogP) is 1.61. The van der Waals surface area contributed by atoms with E-state index in [2.05, 4.69) is 26.1 Å². The first-order chi connectivity index (χ1) is 8.11. The van der Waals surface area contributed by atoms with Crippen molar-refractivity contribution in [1.29, 1.82) is 0 Å². The van der Waals surface area contributed by atoms with Gasteiger partial charge in [-0.2, -0.15) is 0 Å². The Bertz CT molecular complexity index is 244. The van der Waals surface area contributed by atoms with E-state index in [-0.39, 0.29) is 18.1 Å². The fourth-order valence-electron chi connectivity index (χ4n) is 2.31. The van der Waals surface area contributed by atoms with E-state index in [1.54, 1.807) is 0 Å². The van der Waals surface area contributed by atoms with Gasteiger partial charge in [-0.3, -0.25) is 10.1 Å². The molecule has 1 saturated heterocycles. The average molecular weight is 242 g/mol. The molecule has 0 aromatic carbocycles. The smallest absolute Gasteiger partial charge is 0.241 e. The molecule has 1 aliphatic rings. The maximum Gasteiger partial charge on any atom is 0.241 e. The van der Waals surface area contributed by atoms with Crippen LogP contribution in [0.2, 0.25) is 0 Å². The number of hydrogen-bond donors (Lipinski definition) is 1. The van der Waals surface area contributed by atoms with Gasteiger partial charge in [0.05, 0.1) is 18.8 Å². The second-order valence-electron chi connectivity index (χ2n) is 4.93. The van der Waals surface area contributed by atoms with E-state index >= 15 is 0 Å². The Morgan fingerprint density at radius 2 is 2.12 bits per heavy atom. The predicted molar refractivity (Wildman–Crippen MR) is 68.7 cm³/mol. The lowest BCUT2D eigenvalue weighted by Gasteiger charge is -2.27. The molecule has 0 aromatic heterocycles. The molecule has 100 valence electrons. The monoisotopic (exact) mass is 242 g/mol. The van der Waals surface area contributed by atoms with Gasteiger partial charge in [0.15, 0.2) is 0 Å². The van der Waals surface area contributed by atoms with Crippen LogP contribution in [-0.4, -0.2) is 42.8 Å². The normalized spacial score (nSPS) is 25.0. The zero-order valence-electron chi connectivity index (χ0n) is 11.5. The van der Waals surface area contributed by atoms with Crippen LogP contribution in [0.4, 0.5) is 0 Å². The Hall–Kier alpha value is -0.610. The fourth-order valence-corrected chi connectivity index (χ4v) is 2.31. The topological polar surface area (TPSA) is 41.6 Å². The Balaban J connectivity index is 2.59. The largest absolute Gasteiger partial charge is 0.380 e. The molecule has 2 atom stereocenters. The molecule has 1 aliphatic heterocycles. The number of carbonyl (C=O) groups is 1. The first-order valence-corrected chi connectivity index (χ1v) is 6.76. The van der Waals surface area contributed by atoms with Crippen molar-refractivity contribution in [3.8, 4) is 0 Å². The minimum Gasteiger partial charge on any atom is -0.380 e. The minimum atomic E-state index is 0.00836. The van der Waals surface area contributed by atoms with Gasteiger partial charge < -0.3 is 9.64 Å². The Morgan fingerprint density at radius 3 is 2.65 bits per heavy atom. The third kappa shape index (κ3) is 3.68. The van der Waals surface area contributed by atoms with Gasteiger partial charge >= 0.3 is 0 Å². The molecule has 0 radical (unpaired) electrons. The maximum absolute atomic E-state index is 12.2. The average Bonchev–Trinajstić information content (AvgIpc) is 2.59. The fraction of sp³-hybridized carbons (Fsp3) is 0.923. The van der Waals surface area contributed by atoms with Crippen molar-refractivity contribution in [3.63, 3.8) is 0 Å². The summed E-state index contributed by atoms with van der Waals surface area (Å²) in [4.78, 5) is 14.2. The van der Waals surface area contributed by atoms with E-state index in [9.17, 15) is 4.79 Å². The summed E-state index contributed by atoms with van der Waals surface area (Å²) in [7, 11) is 0. The number of ether oxygens (including phenoxy) is 1. The molecular weight excluding hydrogens is 216 g/mol. The lowest BCUT2D eigenvalue weighted by Crippen LogP contribution is -2.43. The molecule has 0 aliphatic carbocycles. The molecular formula is C13H26N2O2. The van der Waals surface area contributed by atoms with Gasteiger partial charge in [0, 0.05) is 13.2 Å². The highest BCUT2D eigenvalue weighted by Gasteiger charge is 2.39. The van der Waals surface area contributed by atoms with Crippen LogP contribution in [0.3, 0.4) is 0 Å². The van der Waals surface area contributed by atoms with Gasteiger partial charge in [0.1, 0.15) is 0 Å². The van der Waals surface area contributed by atoms with Crippen molar-refractivity contribution in [1.82, 2.24) is 10.2 Å². The number of amides is 1. The van der Waals surface area contributed by atoms with Crippen LogP contribution in [0, 0.1) is 5.92 Å². The van der Waals surface area contributed by atoms with E-state index in [4.69, 9.17) is 4.74 Å². The maximum atomic E-state index is 12.2. The summed E-state index contributed by atoms with van der Waals surface area (Å²) in [5, 5.41) is 3.44. The zero-order chi connectivity index (χ0) is 12.8. The molecule has 1 amide bonds. The SMILES string of the molecule is CCCC1NC(C(C)C)N(CCOCC)C1=O. The standard InChI is InChI=1S/C13H26N2O2/c1-5-7-11-13(16)15(8-9-17-6-2)12(14-11)10(3)4/h10-12,14H,5-9H2,1-4H3. The van der Waals surface area contributed by atoms with E-state index in [0.717, 1.165) is 12.8 Å². The second kappa shape index (κ2) is 6.97. The molecule has 1 heterocycles. The molecule has 17 heavy (non-hydrogen) atoms. The number of carbonyl (C=O) groups excluding carboxylic acids is 1. The summed E-state index contributed by atoms with van der Waals surface area (Å²) in [6.07, 6.45) is 2.13. The first-order valence-electron chi connectivity index (χ1n) is 6.76. The first kappa shape index (κ1) is 14.5. The van der Waals surface area contributed by atoms with Crippen molar-refractivity contribution in [3.05, 3.63) is 0 Å². The van der Waals surface area contributed by atoms with Crippen LogP contribution in [-0.2, 0) is 9.53 Å². The summed E-state index contributed by atoms with van der Waals surface area (Å²) < 4.78 is 5.35. The van der Waals surface area contributed by atoms with Crippen molar-refractivity contribution in [2.24, 2.45) is 5.92 Å². The van der Waals surface area contributed by atoms with E-state index in [0.29, 0.717) is 25.7 Å². The second-order valence-corrected chi connectivity index (χ2v) is 4.93. The van der Waals surface area contributed by atoms with Gasteiger partial charge in [-0.05, 0) is 19.3 Å². The van der Waals surface area contributed by atoms with Gasteiger partial charge in [0.25, 0.3) is 0 Å². The molecule has 1 fully saturated rings. The van der Waals surface area contributed by atoms with Crippen LogP contribution >= 0.6 is 0 Å². The highest BCUT2D eigenvalue weighted by molar-refractivity contribution is 5.84. The molecule has 0 aromatic rings. The molecule has 4 heteroatoms. The summed E-state index contributed by atoms with van der Waals surface area (Å²) in [6, 6.07) is 0.00836. The molecule has 4 nitrogen and oxygen atoms in total. The van der Waals surface area contributed by atoms with Crippen LogP contribution in [0.15, 0.2) is 0 Å². The van der Waals surface area contributed by atoms with Crippen molar-refractivity contribution in [2.45, 2.75) is 52.7 Å². The van der Waals surface area contributed by atoms with Crippen LogP contribution < -0.4 is 5.32 Å². The van der Waals surface area contributed by atoms with Crippen LogP contribution in [0.25, 0.3) is 0 Å². The third-order valence-corrected chi connectivity index (χ3v) is 3.18. The summed E-state index contributed by atoms with van der Waals surface area (Å²) in [6.45, 7) is 10.4. The molecule has 0 saturated carbocycles. The van der Waals surface area contributed by atoms with E-state index in [1.807, 2.05) is 11.8 Å². The highest BCUT2D eigenvalue weighted by Crippen LogP contribution is 2.19. The lowest BCUT2D eigenvalue weighted by atomic mass is 10.1. The summed E-state index contributed by atoms with van der Waals surface area (Å²) in [5.41, 5.74) is 0. The Kier molecular flexibility index (Phi) is 5.92. The number of nitrogens with zero attached hydrogens (tertiary/aromatic N) is 1. The molecule has 1 N–H and O–H groups in total. The van der Waals surface area contributed by atoms with Crippen molar-refractivity contribution >= 4 is 5.91 Å². The lowest BCUT2D eigenvalue weighted by molar-refractivity contribution is -0.131. The number of rotatable bonds is 7. The van der Waals surface area contributed by atoms with Gasteiger partial charge in [-0.1, -0.05) is 27.2 Å². The van der Waals surface area contributed by atoms with Gasteiger partial charge in [0.2, 0.25) is 5.91 Å². The van der Waals surface area contributed by atoms with Crippen LogP contribution in [0.5, 0.6) is 0 Å².